The molecule has 2 aliphatic heterocycles. The number of hydrogen-bond donors (Lipinski definition) is 2. The van der Waals surface area contributed by atoms with Gasteiger partial charge in [0.2, 0.25) is 5.91 Å². The molecule has 0 bridgehead atoms. The van der Waals surface area contributed by atoms with Crippen molar-refractivity contribution in [2.45, 2.75) is 31.7 Å². The Bertz CT molecular complexity index is 520. The van der Waals surface area contributed by atoms with Crippen LogP contribution >= 0.6 is 0 Å². The largest absolute Gasteiger partial charge is 0.497 e. The molecular weight excluding hydrogens is 302 g/mol. The molecule has 0 spiro atoms. The molecule has 2 N–H and O–H groups in total. The van der Waals surface area contributed by atoms with Crippen molar-refractivity contribution in [3.8, 4) is 5.75 Å². The third kappa shape index (κ3) is 4.28. The van der Waals surface area contributed by atoms with Crippen LogP contribution < -0.4 is 15.4 Å². The molecule has 0 aromatic heterocycles. The van der Waals surface area contributed by atoms with E-state index in [-0.39, 0.29) is 17.9 Å². The average Bonchev–Trinajstić information content (AvgIpc) is 3.17. The van der Waals surface area contributed by atoms with Crippen LogP contribution in [0, 0.1) is 5.92 Å². The van der Waals surface area contributed by atoms with Crippen LogP contribution in [0.25, 0.3) is 0 Å². The van der Waals surface area contributed by atoms with E-state index in [1.807, 2.05) is 12.1 Å². The van der Waals surface area contributed by atoms with Crippen molar-refractivity contribution in [1.29, 1.82) is 0 Å². The molecule has 1 atom stereocenters. The summed E-state index contributed by atoms with van der Waals surface area (Å²) >= 11 is 0. The molecule has 132 valence electrons. The van der Waals surface area contributed by atoms with Crippen molar-refractivity contribution >= 4 is 5.91 Å². The van der Waals surface area contributed by atoms with E-state index < -0.39 is 0 Å². The molecule has 2 aliphatic rings. The van der Waals surface area contributed by atoms with Gasteiger partial charge >= 0.3 is 0 Å². The molecule has 0 saturated carbocycles. The Kier molecular flexibility index (Phi) is 6.10. The molecule has 1 aromatic rings. The minimum Gasteiger partial charge on any atom is -0.497 e. The van der Waals surface area contributed by atoms with Crippen molar-refractivity contribution in [2.75, 3.05) is 39.8 Å². The van der Waals surface area contributed by atoms with Crippen molar-refractivity contribution in [3.05, 3.63) is 29.8 Å². The molecule has 2 saturated heterocycles. The second-order valence-corrected chi connectivity index (χ2v) is 6.80. The number of methoxy groups -OCH3 is 1. The predicted molar refractivity (Wildman–Crippen MR) is 95.1 cm³/mol. The molecule has 2 fully saturated rings. The molecule has 3 rings (SSSR count). The number of rotatable bonds is 6. The summed E-state index contributed by atoms with van der Waals surface area (Å²) in [6.45, 7) is 4.81. The maximum absolute atomic E-state index is 12.5. The average molecular weight is 331 g/mol. The summed E-state index contributed by atoms with van der Waals surface area (Å²) in [6, 6.07) is 8.51. The van der Waals surface area contributed by atoms with Gasteiger partial charge in [-0.3, -0.25) is 9.69 Å². The van der Waals surface area contributed by atoms with Crippen LogP contribution in [-0.2, 0) is 4.79 Å². The molecule has 1 unspecified atom stereocenters. The normalized spacial score (nSPS) is 20.7. The van der Waals surface area contributed by atoms with E-state index in [1.54, 1.807) is 7.11 Å². The summed E-state index contributed by atoms with van der Waals surface area (Å²) < 4.78 is 5.26. The molecule has 2 heterocycles. The van der Waals surface area contributed by atoms with Gasteiger partial charge in [-0.25, -0.2) is 0 Å². The zero-order valence-corrected chi connectivity index (χ0v) is 14.6. The Morgan fingerprint density at radius 1 is 1.25 bits per heavy atom. The molecule has 24 heavy (non-hydrogen) atoms. The quantitative estimate of drug-likeness (QED) is 0.837. The number of nitrogens with zero attached hydrogens (tertiary/aromatic N) is 1. The number of carbonyl (C=O) groups is 1. The lowest BCUT2D eigenvalue weighted by atomic mass is 9.97. The Balaban J connectivity index is 1.64. The maximum atomic E-state index is 12.5. The Morgan fingerprint density at radius 3 is 2.54 bits per heavy atom. The standard InChI is InChI=1S/C19H29N3O2/c1-24-17-6-4-15(5-7-17)18(22-12-2-3-13-22)14-21-19(23)16-8-10-20-11-9-16/h4-7,16,18,20H,2-3,8-14H2,1H3,(H,21,23). The first-order chi connectivity index (χ1) is 11.8. The van der Waals surface area contributed by atoms with E-state index in [4.69, 9.17) is 4.74 Å². The minimum atomic E-state index is 0.168. The summed E-state index contributed by atoms with van der Waals surface area (Å²) in [5.74, 6) is 1.26. The minimum absolute atomic E-state index is 0.168. The van der Waals surface area contributed by atoms with Gasteiger partial charge in [0.05, 0.1) is 13.2 Å². The van der Waals surface area contributed by atoms with Crippen molar-refractivity contribution in [3.63, 3.8) is 0 Å². The molecule has 0 radical (unpaired) electrons. The number of amides is 1. The van der Waals surface area contributed by atoms with Gasteiger partial charge in [0.15, 0.2) is 0 Å². The van der Waals surface area contributed by atoms with Gasteiger partial charge in [0, 0.05) is 12.5 Å². The van der Waals surface area contributed by atoms with E-state index in [1.165, 1.54) is 18.4 Å². The molecule has 1 amide bonds. The number of carbonyl (C=O) groups excluding carboxylic acids is 1. The number of likely N-dealkylation sites (tertiary alicyclic amines) is 1. The SMILES string of the molecule is COc1ccc(C(CNC(=O)C2CCNCC2)N2CCCC2)cc1. The Morgan fingerprint density at radius 2 is 1.92 bits per heavy atom. The number of hydrogen-bond acceptors (Lipinski definition) is 4. The molecule has 0 aliphatic carbocycles. The third-order valence-electron chi connectivity index (χ3n) is 5.26. The zero-order chi connectivity index (χ0) is 16.8. The van der Waals surface area contributed by atoms with Crippen LogP contribution in [0.2, 0.25) is 0 Å². The highest BCUT2D eigenvalue weighted by Crippen LogP contribution is 2.26. The van der Waals surface area contributed by atoms with Crippen LogP contribution in [0.15, 0.2) is 24.3 Å². The summed E-state index contributed by atoms with van der Waals surface area (Å²) in [4.78, 5) is 15.0. The monoisotopic (exact) mass is 331 g/mol. The van der Waals surface area contributed by atoms with E-state index >= 15 is 0 Å². The van der Waals surface area contributed by atoms with Crippen LogP contribution in [0.1, 0.15) is 37.3 Å². The van der Waals surface area contributed by atoms with Crippen LogP contribution in [0.4, 0.5) is 0 Å². The van der Waals surface area contributed by atoms with Gasteiger partial charge in [0.1, 0.15) is 5.75 Å². The third-order valence-corrected chi connectivity index (χ3v) is 5.26. The van der Waals surface area contributed by atoms with Gasteiger partial charge in [-0.1, -0.05) is 12.1 Å². The van der Waals surface area contributed by atoms with E-state index in [0.717, 1.165) is 44.8 Å². The lowest BCUT2D eigenvalue weighted by Gasteiger charge is -2.29. The van der Waals surface area contributed by atoms with Crippen molar-refractivity contribution in [2.24, 2.45) is 5.92 Å². The second-order valence-electron chi connectivity index (χ2n) is 6.80. The van der Waals surface area contributed by atoms with Crippen LogP contribution in [-0.4, -0.2) is 50.6 Å². The van der Waals surface area contributed by atoms with Crippen molar-refractivity contribution < 1.29 is 9.53 Å². The summed E-state index contributed by atoms with van der Waals surface area (Å²) in [5, 5.41) is 6.53. The highest BCUT2D eigenvalue weighted by molar-refractivity contribution is 5.78. The summed E-state index contributed by atoms with van der Waals surface area (Å²) in [6.07, 6.45) is 4.38. The van der Waals surface area contributed by atoms with E-state index in [2.05, 4.69) is 27.7 Å². The van der Waals surface area contributed by atoms with Gasteiger partial charge in [0.25, 0.3) is 0 Å². The molecular formula is C19H29N3O2. The highest BCUT2D eigenvalue weighted by Gasteiger charge is 2.26. The fourth-order valence-electron chi connectivity index (χ4n) is 3.76. The van der Waals surface area contributed by atoms with E-state index in [9.17, 15) is 4.79 Å². The first kappa shape index (κ1) is 17.2. The smallest absolute Gasteiger partial charge is 0.223 e. The van der Waals surface area contributed by atoms with Crippen LogP contribution in [0.5, 0.6) is 5.75 Å². The lowest BCUT2D eigenvalue weighted by molar-refractivity contribution is -0.126. The topological polar surface area (TPSA) is 53.6 Å². The van der Waals surface area contributed by atoms with Gasteiger partial charge < -0.3 is 15.4 Å². The first-order valence-electron chi connectivity index (χ1n) is 9.14. The number of piperidine rings is 1. The lowest BCUT2D eigenvalue weighted by Crippen LogP contribution is -2.42. The number of benzene rings is 1. The highest BCUT2D eigenvalue weighted by atomic mass is 16.5. The van der Waals surface area contributed by atoms with Gasteiger partial charge in [-0.2, -0.15) is 0 Å². The Hall–Kier alpha value is -1.59. The number of ether oxygens (including phenoxy) is 1. The zero-order valence-electron chi connectivity index (χ0n) is 14.6. The summed E-state index contributed by atoms with van der Waals surface area (Å²) in [7, 11) is 1.69. The summed E-state index contributed by atoms with van der Waals surface area (Å²) in [5.41, 5.74) is 1.25. The van der Waals surface area contributed by atoms with E-state index in [0.29, 0.717) is 6.54 Å². The Labute approximate surface area is 144 Å². The fourth-order valence-corrected chi connectivity index (χ4v) is 3.76. The predicted octanol–water partition coefficient (Wildman–Crippen LogP) is 1.95. The molecule has 1 aromatic carbocycles. The number of nitrogens with one attached hydrogen (secondary N) is 2. The molecule has 5 heteroatoms. The van der Waals surface area contributed by atoms with Crippen LogP contribution in [0.3, 0.4) is 0 Å². The maximum Gasteiger partial charge on any atom is 0.223 e. The molecule has 5 nitrogen and oxygen atoms in total. The van der Waals surface area contributed by atoms with Crippen molar-refractivity contribution in [1.82, 2.24) is 15.5 Å². The fraction of sp³-hybridized carbons (Fsp3) is 0.632. The van der Waals surface area contributed by atoms with Gasteiger partial charge in [-0.05, 0) is 69.6 Å². The first-order valence-corrected chi connectivity index (χ1v) is 9.14. The second kappa shape index (κ2) is 8.49. The van der Waals surface area contributed by atoms with Gasteiger partial charge in [-0.15, -0.1) is 0 Å².